The van der Waals surface area contributed by atoms with Crippen LogP contribution in [0, 0.1) is 11.8 Å². The molecule has 1 rings (SSSR count). The Labute approximate surface area is 106 Å². The summed E-state index contributed by atoms with van der Waals surface area (Å²) in [6, 6.07) is 0.114. The van der Waals surface area contributed by atoms with Crippen molar-refractivity contribution in [2.75, 3.05) is 13.6 Å². The van der Waals surface area contributed by atoms with Crippen LogP contribution in [0.5, 0.6) is 0 Å². The summed E-state index contributed by atoms with van der Waals surface area (Å²) in [6.07, 6.45) is 3.31. The van der Waals surface area contributed by atoms with Crippen molar-refractivity contribution in [3.63, 3.8) is 0 Å². The average molecular weight is 262 g/mol. The van der Waals surface area contributed by atoms with Crippen LogP contribution in [-0.2, 0) is 10.0 Å². The highest BCUT2D eigenvalue weighted by Gasteiger charge is 2.31. The van der Waals surface area contributed by atoms with Crippen LogP contribution >= 0.6 is 0 Å². The first-order valence-electron chi connectivity index (χ1n) is 6.54. The summed E-state index contributed by atoms with van der Waals surface area (Å²) in [5.74, 6) is 1.04. The molecule has 2 N–H and O–H groups in total. The van der Waals surface area contributed by atoms with Gasteiger partial charge in [-0.15, -0.1) is 0 Å². The Morgan fingerprint density at radius 3 is 2.53 bits per heavy atom. The fraction of sp³-hybridized carbons (Fsp3) is 1.00. The Kier molecular flexibility index (Phi) is 5.41. The summed E-state index contributed by atoms with van der Waals surface area (Å²) in [6.45, 7) is 6.60. The molecule has 0 heterocycles. The van der Waals surface area contributed by atoms with Crippen LogP contribution in [0.2, 0.25) is 0 Å². The zero-order valence-corrected chi connectivity index (χ0v) is 12.2. The molecule has 0 aromatic carbocycles. The third kappa shape index (κ3) is 3.93. The molecule has 102 valence electrons. The maximum absolute atomic E-state index is 12.1. The lowest BCUT2D eigenvalue weighted by Gasteiger charge is -2.35. The summed E-state index contributed by atoms with van der Waals surface area (Å²) in [4.78, 5) is 0. The van der Waals surface area contributed by atoms with E-state index in [2.05, 4.69) is 23.9 Å². The van der Waals surface area contributed by atoms with Crippen molar-refractivity contribution in [2.45, 2.75) is 51.3 Å². The SMILES string of the molecule is CNCC(C)S(=O)(=O)NC1CCCC(C)C1C. The van der Waals surface area contributed by atoms with Crippen LogP contribution in [0.3, 0.4) is 0 Å². The number of hydrogen-bond acceptors (Lipinski definition) is 3. The minimum atomic E-state index is -3.19. The summed E-state index contributed by atoms with van der Waals surface area (Å²) in [7, 11) is -1.42. The lowest BCUT2D eigenvalue weighted by atomic mass is 9.78. The first-order chi connectivity index (χ1) is 7.88. The molecule has 0 bridgehead atoms. The molecule has 1 saturated carbocycles. The highest BCUT2D eigenvalue weighted by atomic mass is 32.2. The number of sulfonamides is 1. The van der Waals surface area contributed by atoms with E-state index in [0.717, 1.165) is 12.8 Å². The summed E-state index contributed by atoms with van der Waals surface area (Å²) < 4.78 is 27.1. The Morgan fingerprint density at radius 2 is 1.94 bits per heavy atom. The largest absolute Gasteiger partial charge is 0.318 e. The predicted octanol–water partition coefficient (Wildman–Crippen LogP) is 1.34. The molecule has 4 unspecified atom stereocenters. The summed E-state index contributed by atoms with van der Waals surface area (Å²) >= 11 is 0. The molecule has 0 spiro atoms. The van der Waals surface area contributed by atoms with Gasteiger partial charge in [-0.25, -0.2) is 13.1 Å². The molecule has 5 heteroatoms. The van der Waals surface area contributed by atoms with Crippen molar-refractivity contribution >= 4 is 10.0 Å². The van der Waals surface area contributed by atoms with E-state index < -0.39 is 10.0 Å². The number of nitrogens with one attached hydrogen (secondary N) is 2. The standard InChI is InChI=1S/C12H26N2O2S/c1-9-6-5-7-12(11(9)3)14-17(15,16)10(2)8-13-4/h9-14H,5-8H2,1-4H3. The van der Waals surface area contributed by atoms with Crippen molar-refractivity contribution in [3.05, 3.63) is 0 Å². The molecule has 0 aromatic heterocycles. The first-order valence-corrected chi connectivity index (χ1v) is 8.09. The lowest BCUT2D eigenvalue weighted by molar-refractivity contribution is 0.226. The minimum Gasteiger partial charge on any atom is -0.318 e. The Morgan fingerprint density at radius 1 is 1.29 bits per heavy atom. The van der Waals surface area contributed by atoms with Crippen molar-refractivity contribution in [1.29, 1.82) is 0 Å². The van der Waals surface area contributed by atoms with Gasteiger partial charge in [0.1, 0.15) is 0 Å². The first kappa shape index (κ1) is 14.9. The zero-order chi connectivity index (χ0) is 13.1. The number of rotatable bonds is 5. The van der Waals surface area contributed by atoms with Gasteiger partial charge in [0.25, 0.3) is 0 Å². The van der Waals surface area contributed by atoms with E-state index in [1.807, 2.05) is 0 Å². The van der Waals surface area contributed by atoms with Gasteiger partial charge < -0.3 is 5.32 Å². The maximum atomic E-state index is 12.1. The lowest BCUT2D eigenvalue weighted by Crippen LogP contribution is -2.48. The predicted molar refractivity (Wildman–Crippen MR) is 71.4 cm³/mol. The van der Waals surface area contributed by atoms with Gasteiger partial charge in [-0.1, -0.05) is 26.7 Å². The number of hydrogen-bond donors (Lipinski definition) is 2. The second-order valence-electron chi connectivity index (χ2n) is 5.40. The van der Waals surface area contributed by atoms with E-state index in [0.29, 0.717) is 18.4 Å². The van der Waals surface area contributed by atoms with E-state index in [1.54, 1.807) is 14.0 Å². The molecule has 4 nitrogen and oxygen atoms in total. The normalized spacial score (nSPS) is 32.4. The van der Waals surface area contributed by atoms with Crippen LogP contribution in [0.25, 0.3) is 0 Å². The quantitative estimate of drug-likeness (QED) is 0.786. The van der Waals surface area contributed by atoms with Gasteiger partial charge in [-0.3, -0.25) is 0 Å². The van der Waals surface area contributed by atoms with Crippen LogP contribution < -0.4 is 10.0 Å². The van der Waals surface area contributed by atoms with E-state index in [-0.39, 0.29) is 11.3 Å². The van der Waals surface area contributed by atoms with E-state index in [4.69, 9.17) is 0 Å². The average Bonchev–Trinajstić information content (AvgIpc) is 2.25. The second-order valence-corrected chi connectivity index (χ2v) is 7.54. The molecule has 1 aliphatic rings. The fourth-order valence-electron chi connectivity index (χ4n) is 2.47. The highest BCUT2D eigenvalue weighted by molar-refractivity contribution is 7.90. The van der Waals surface area contributed by atoms with Crippen LogP contribution in [0.15, 0.2) is 0 Å². The van der Waals surface area contributed by atoms with Gasteiger partial charge in [0.2, 0.25) is 10.0 Å². The van der Waals surface area contributed by atoms with Gasteiger partial charge in [0.15, 0.2) is 0 Å². The molecule has 0 radical (unpaired) electrons. The van der Waals surface area contributed by atoms with E-state index in [9.17, 15) is 8.42 Å². The molecule has 0 aromatic rings. The maximum Gasteiger partial charge on any atom is 0.215 e. The molecule has 1 fully saturated rings. The van der Waals surface area contributed by atoms with Crippen molar-refractivity contribution in [3.8, 4) is 0 Å². The van der Waals surface area contributed by atoms with Gasteiger partial charge in [-0.05, 0) is 32.2 Å². The van der Waals surface area contributed by atoms with Crippen LogP contribution in [-0.4, -0.2) is 33.3 Å². The highest BCUT2D eigenvalue weighted by Crippen LogP contribution is 2.30. The summed E-state index contributed by atoms with van der Waals surface area (Å²) in [5.41, 5.74) is 0. The molecule has 0 aliphatic heterocycles. The van der Waals surface area contributed by atoms with Gasteiger partial charge >= 0.3 is 0 Å². The third-order valence-corrected chi connectivity index (χ3v) is 5.90. The summed E-state index contributed by atoms with van der Waals surface area (Å²) in [5, 5.41) is 2.53. The van der Waals surface area contributed by atoms with Crippen LogP contribution in [0.4, 0.5) is 0 Å². The molecular weight excluding hydrogens is 236 g/mol. The van der Waals surface area contributed by atoms with E-state index >= 15 is 0 Å². The second kappa shape index (κ2) is 6.16. The Hall–Kier alpha value is -0.130. The Balaban J connectivity index is 2.63. The van der Waals surface area contributed by atoms with Crippen molar-refractivity contribution < 1.29 is 8.42 Å². The molecule has 17 heavy (non-hydrogen) atoms. The zero-order valence-electron chi connectivity index (χ0n) is 11.4. The van der Waals surface area contributed by atoms with Gasteiger partial charge in [0, 0.05) is 12.6 Å². The molecule has 1 aliphatic carbocycles. The fourth-order valence-corrected chi connectivity index (χ4v) is 3.85. The van der Waals surface area contributed by atoms with Crippen molar-refractivity contribution in [2.24, 2.45) is 11.8 Å². The third-order valence-electron chi connectivity index (χ3n) is 4.04. The molecule has 4 atom stereocenters. The van der Waals surface area contributed by atoms with E-state index in [1.165, 1.54) is 6.42 Å². The Bertz CT molecular complexity index is 329. The monoisotopic (exact) mass is 262 g/mol. The molecule has 0 saturated heterocycles. The molecular formula is C12H26N2O2S. The minimum absolute atomic E-state index is 0.114. The smallest absolute Gasteiger partial charge is 0.215 e. The van der Waals surface area contributed by atoms with Crippen molar-refractivity contribution in [1.82, 2.24) is 10.0 Å². The molecule has 0 amide bonds. The van der Waals surface area contributed by atoms with Crippen LogP contribution in [0.1, 0.15) is 40.0 Å². The topological polar surface area (TPSA) is 58.2 Å². The van der Waals surface area contributed by atoms with Gasteiger partial charge in [-0.2, -0.15) is 0 Å². The van der Waals surface area contributed by atoms with Gasteiger partial charge in [0.05, 0.1) is 5.25 Å².